The van der Waals surface area contributed by atoms with Crippen LogP contribution in [0.2, 0.25) is 0 Å². The van der Waals surface area contributed by atoms with Crippen LogP contribution in [0, 0.1) is 0 Å². The quantitative estimate of drug-likeness (QED) is 0.459. The predicted molar refractivity (Wildman–Crippen MR) is 51.8 cm³/mol. The van der Waals surface area contributed by atoms with Gasteiger partial charge in [0.05, 0.1) is 0 Å². The van der Waals surface area contributed by atoms with Gasteiger partial charge in [0.2, 0.25) is 0 Å². The molecule has 0 aliphatic heterocycles. The summed E-state index contributed by atoms with van der Waals surface area (Å²) < 4.78 is 0. The highest BCUT2D eigenvalue weighted by Gasteiger charge is 1.84. The van der Waals surface area contributed by atoms with Crippen molar-refractivity contribution in [3.8, 4) is 0 Å². The van der Waals surface area contributed by atoms with Crippen LogP contribution in [0.15, 0.2) is 11.6 Å². The van der Waals surface area contributed by atoms with Crippen LogP contribution in [-0.4, -0.2) is 13.1 Å². The van der Waals surface area contributed by atoms with E-state index in [9.17, 15) is 0 Å². The maximum absolute atomic E-state index is 3.38. The van der Waals surface area contributed by atoms with Crippen LogP contribution in [0.25, 0.3) is 0 Å². The molecule has 0 atom stereocenters. The number of rotatable bonds is 6. The maximum atomic E-state index is 3.38. The Hall–Kier alpha value is -0.300. The Kier molecular flexibility index (Phi) is 7.59. The van der Waals surface area contributed by atoms with Crippen molar-refractivity contribution in [2.75, 3.05) is 13.1 Å². The lowest BCUT2D eigenvalue weighted by Gasteiger charge is -1.99. The van der Waals surface area contributed by atoms with Crippen molar-refractivity contribution in [1.29, 1.82) is 0 Å². The first-order chi connectivity index (χ1) is 5.27. The number of unbranched alkanes of at least 4 members (excludes halogenated alkanes) is 1. The summed E-state index contributed by atoms with van der Waals surface area (Å²) >= 11 is 0. The van der Waals surface area contributed by atoms with Crippen LogP contribution in [0.3, 0.4) is 0 Å². The topological polar surface area (TPSA) is 12.0 Å². The fourth-order valence-electron chi connectivity index (χ4n) is 0.920. The molecule has 0 aromatic carbocycles. The molecule has 1 N–H and O–H groups in total. The van der Waals surface area contributed by atoms with E-state index in [1.165, 1.54) is 24.8 Å². The molecule has 0 saturated heterocycles. The van der Waals surface area contributed by atoms with Gasteiger partial charge in [0.25, 0.3) is 0 Å². The molecule has 1 nitrogen and oxygen atoms in total. The molecule has 0 aliphatic carbocycles. The molecule has 0 aromatic rings. The van der Waals surface area contributed by atoms with E-state index in [0.29, 0.717) is 0 Å². The lowest BCUT2D eigenvalue weighted by Crippen LogP contribution is -2.15. The van der Waals surface area contributed by atoms with Crippen molar-refractivity contribution in [3.05, 3.63) is 11.6 Å². The van der Waals surface area contributed by atoms with Crippen LogP contribution in [-0.2, 0) is 0 Å². The van der Waals surface area contributed by atoms with Gasteiger partial charge in [-0.25, -0.2) is 0 Å². The molecule has 0 fully saturated rings. The number of hydrogen-bond acceptors (Lipinski definition) is 1. The average Bonchev–Trinajstić information content (AvgIpc) is 1.96. The fraction of sp³-hybridized carbons (Fsp3) is 0.800. The minimum Gasteiger partial charge on any atom is -0.317 e. The fourth-order valence-corrected chi connectivity index (χ4v) is 0.920. The molecular weight excluding hydrogens is 134 g/mol. The second-order valence-corrected chi connectivity index (χ2v) is 3.17. The van der Waals surface area contributed by atoms with Crippen LogP contribution in [0.1, 0.15) is 40.0 Å². The Bertz CT molecular complexity index is 101. The molecule has 0 unspecified atom stereocenters. The Morgan fingerprint density at radius 2 is 2.00 bits per heavy atom. The average molecular weight is 155 g/mol. The molecule has 0 spiro atoms. The van der Waals surface area contributed by atoms with Crippen molar-refractivity contribution in [2.24, 2.45) is 0 Å². The van der Waals surface area contributed by atoms with Gasteiger partial charge < -0.3 is 5.32 Å². The van der Waals surface area contributed by atoms with Gasteiger partial charge in [-0.15, -0.1) is 0 Å². The lowest BCUT2D eigenvalue weighted by atomic mass is 10.2. The first-order valence-electron chi connectivity index (χ1n) is 4.61. The van der Waals surface area contributed by atoms with E-state index in [2.05, 4.69) is 32.2 Å². The molecule has 66 valence electrons. The van der Waals surface area contributed by atoms with E-state index in [-0.39, 0.29) is 0 Å². The first-order valence-corrected chi connectivity index (χ1v) is 4.61. The molecule has 11 heavy (non-hydrogen) atoms. The van der Waals surface area contributed by atoms with E-state index < -0.39 is 0 Å². The van der Waals surface area contributed by atoms with Gasteiger partial charge in [-0.2, -0.15) is 0 Å². The molecule has 0 bridgehead atoms. The summed E-state index contributed by atoms with van der Waals surface area (Å²) in [6.45, 7) is 8.83. The normalized spacial score (nSPS) is 9.73. The van der Waals surface area contributed by atoms with Gasteiger partial charge >= 0.3 is 0 Å². The largest absolute Gasteiger partial charge is 0.317 e. The van der Waals surface area contributed by atoms with Gasteiger partial charge in [0, 0.05) is 0 Å². The van der Waals surface area contributed by atoms with Crippen molar-refractivity contribution in [1.82, 2.24) is 5.32 Å². The van der Waals surface area contributed by atoms with Crippen LogP contribution >= 0.6 is 0 Å². The maximum Gasteiger partial charge on any atom is -0.00460 e. The van der Waals surface area contributed by atoms with Crippen LogP contribution in [0.5, 0.6) is 0 Å². The highest BCUT2D eigenvalue weighted by atomic mass is 14.8. The molecule has 0 rings (SSSR count). The Morgan fingerprint density at radius 1 is 1.27 bits per heavy atom. The van der Waals surface area contributed by atoms with Gasteiger partial charge in [0.15, 0.2) is 0 Å². The number of nitrogens with one attached hydrogen (secondary N) is 1. The standard InChI is InChI=1S/C10H21N/c1-4-8-11-9-6-5-7-10(2)3/h7,11H,4-6,8-9H2,1-3H3. The van der Waals surface area contributed by atoms with Gasteiger partial charge in [-0.05, 0) is 46.2 Å². The highest BCUT2D eigenvalue weighted by Crippen LogP contribution is 1.95. The van der Waals surface area contributed by atoms with E-state index in [0.717, 1.165) is 13.1 Å². The zero-order chi connectivity index (χ0) is 8.53. The SMILES string of the molecule is CCCNCCCC=C(C)C. The molecule has 0 aliphatic rings. The van der Waals surface area contributed by atoms with E-state index >= 15 is 0 Å². The molecule has 0 radical (unpaired) electrons. The number of hydrogen-bond donors (Lipinski definition) is 1. The Balaban J connectivity index is 2.97. The summed E-state index contributed by atoms with van der Waals surface area (Å²) in [6, 6.07) is 0. The summed E-state index contributed by atoms with van der Waals surface area (Å²) in [5.41, 5.74) is 1.43. The summed E-state index contributed by atoms with van der Waals surface area (Å²) in [5.74, 6) is 0. The monoisotopic (exact) mass is 155 g/mol. The minimum atomic E-state index is 1.16. The van der Waals surface area contributed by atoms with E-state index in [1.54, 1.807) is 0 Å². The van der Waals surface area contributed by atoms with Gasteiger partial charge in [-0.3, -0.25) is 0 Å². The number of allylic oxidation sites excluding steroid dienone is 2. The highest BCUT2D eigenvalue weighted by molar-refractivity contribution is 4.92. The minimum absolute atomic E-state index is 1.16. The smallest absolute Gasteiger partial charge is 0.00460 e. The Morgan fingerprint density at radius 3 is 2.55 bits per heavy atom. The van der Waals surface area contributed by atoms with Crippen molar-refractivity contribution >= 4 is 0 Å². The lowest BCUT2D eigenvalue weighted by molar-refractivity contribution is 0.644. The third kappa shape index (κ3) is 9.70. The van der Waals surface area contributed by atoms with E-state index in [1.807, 2.05) is 0 Å². The molecule has 0 amide bonds. The van der Waals surface area contributed by atoms with Crippen molar-refractivity contribution < 1.29 is 0 Å². The van der Waals surface area contributed by atoms with Gasteiger partial charge in [-0.1, -0.05) is 18.6 Å². The summed E-state index contributed by atoms with van der Waals surface area (Å²) in [7, 11) is 0. The van der Waals surface area contributed by atoms with E-state index in [4.69, 9.17) is 0 Å². The molecule has 0 heterocycles. The zero-order valence-corrected chi connectivity index (χ0v) is 8.11. The second kappa shape index (κ2) is 7.80. The summed E-state index contributed by atoms with van der Waals surface area (Å²) in [5, 5.41) is 3.38. The zero-order valence-electron chi connectivity index (χ0n) is 8.11. The van der Waals surface area contributed by atoms with Crippen molar-refractivity contribution in [3.63, 3.8) is 0 Å². The molecule has 0 aromatic heterocycles. The Labute approximate surface area is 70.9 Å². The molecular formula is C10H21N. The third-order valence-corrected chi connectivity index (χ3v) is 1.54. The van der Waals surface area contributed by atoms with Gasteiger partial charge in [0.1, 0.15) is 0 Å². The predicted octanol–water partition coefficient (Wildman–Crippen LogP) is 2.73. The first kappa shape index (κ1) is 10.7. The second-order valence-electron chi connectivity index (χ2n) is 3.17. The van der Waals surface area contributed by atoms with Crippen LogP contribution in [0.4, 0.5) is 0 Å². The van der Waals surface area contributed by atoms with Crippen molar-refractivity contribution in [2.45, 2.75) is 40.0 Å². The van der Waals surface area contributed by atoms with Crippen LogP contribution < -0.4 is 5.32 Å². The molecule has 1 heteroatoms. The summed E-state index contributed by atoms with van der Waals surface area (Å²) in [6.07, 6.45) is 6.03. The third-order valence-electron chi connectivity index (χ3n) is 1.54. The summed E-state index contributed by atoms with van der Waals surface area (Å²) in [4.78, 5) is 0. The molecule has 0 saturated carbocycles.